The Hall–Kier alpha value is -0.890. The summed E-state index contributed by atoms with van der Waals surface area (Å²) in [6, 6.07) is 6.99. The minimum Gasteiger partial charge on any atom is -0.330 e. The van der Waals surface area contributed by atoms with Gasteiger partial charge in [0.05, 0.1) is 0 Å². The summed E-state index contributed by atoms with van der Waals surface area (Å²) in [5.74, 6) is 1.58. The van der Waals surface area contributed by atoms with Gasteiger partial charge in [0.25, 0.3) is 0 Å². The third-order valence-electron chi connectivity index (χ3n) is 5.10. The molecule has 2 N–H and O–H groups in total. The number of benzene rings is 1. The van der Waals surface area contributed by atoms with Crippen molar-refractivity contribution in [2.45, 2.75) is 52.4 Å². The van der Waals surface area contributed by atoms with Crippen LogP contribution in [0.4, 0.5) is 4.39 Å². The maximum atomic E-state index is 13.4. The van der Waals surface area contributed by atoms with Crippen LogP contribution in [0.5, 0.6) is 0 Å². The van der Waals surface area contributed by atoms with Crippen LogP contribution in [-0.4, -0.2) is 6.54 Å². The van der Waals surface area contributed by atoms with E-state index < -0.39 is 0 Å². The molecular weight excluding hydrogens is 249 g/mol. The molecule has 1 saturated carbocycles. The van der Waals surface area contributed by atoms with Gasteiger partial charge in [-0.25, -0.2) is 4.39 Å². The van der Waals surface area contributed by atoms with Crippen molar-refractivity contribution >= 4 is 0 Å². The van der Waals surface area contributed by atoms with Gasteiger partial charge < -0.3 is 5.73 Å². The highest BCUT2D eigenvalue weighted by Crippen LogP contribution is 2.43. The largest absolute Gasteiger partial charge is 0.330 e. The van der Waals surface area contributed by atoms with Crippen molar-refractivity contribution in [2.75, 3.05) is 6.54 Å². The smallest absolute Gasteiger partial charge is 0.123 e. The van der Waals surface area contributed by atoms with Crippen LogP contribution >= 0.6 is 0 Å². The van der Waals surface area contributed by atoms with Gasteiger partial charge in [0, 0.05) is 0 Å². The zero-order valence-corrected chi connectivity index (χ0v) is 13.0. The van der Waals surface area contributed by atoms with Crippen LogP contribution in [0.2, 0.25) is 0 Å². The summed E-state index contributed by atoms with van der Waals surface area (Å²) in [6.45, 7) is 7.63. The number of halogens is 1. The molecule has 0 radical (unpaired) electrons. The molecule has 0 aromatic heterocycles. The predicted octanol–water partition coefficient (Wildman–Crippen LogP) is 4.72. The third-order valence-corrected chi connectivity index (χ3v) is 5.10. The van der Waals surface area contributed by atoms with Gasteiger partial charge in [-0.05, 0) is 73.1 Å². The molecule has 0 amide bonds. The Labute approximate surface area is 122 Å². The lowest BCUT2D eigenvalue weighted by molar-refractivity contribution is 0.140. The number of nitrogens with two attached hydrogens (primary N) is 1. The summed E-state index contributed by atoms with van der Waals surface area (Å²) in [7, 11) is 0. The summed E-state index contributed by atoms with van der Waals surface area (Å²) in [5.41, 5.74) is 7.46. The highest BCUT2D eigenvalue weighted by Gasteiger charge is 2.32. The van der Waals surface area contributed by atoms with Crippen molar-refractivity contribution in [3.8, 4) is 0 Å². The molecule has 0 spiro atoms. The van der Waals surface area contributed by atoms with Crippen LogP contribution in [-0.2, 0) is 0 Å². The molecule has 1 aliphatic carbocycles. The summed E-state index contributed by atoms with van der Waals surface area (Å²) >= 11 is 0. The molecule has 1 aromatic rings. The zero-order valence-electron chi connectivity index (χ0n) is 13.0. The Bertz CT molecular complexity index is 427. The van der Waals surface area contributed by atoms with Crippen molar-refractivity contribution in [3.05, 3.63) is 35.6 Å². The topological polar surface area (TPSA) is 26.0 Å². The average molecular weight is 277 g/mol. The molecular formula is C18H28FN. The van der Waals surface area contributed by atoms with E-state index in [1.54, 1.807) is 12.1 Å². The highest BCUT2D eigenvalue weighted by molar-refractivity contribution is 5.22. The number of hydrogen-bond acceptors (Lipinski definition) is 1. The second kappa shape index (κ2) is 6.26. The van der Waals surface area contributed by atoms with Crippen LogP contribution in [0.15, 0.2) is 24.3 Å². The van der Waals surface area contributed by atoms with Crippen LogP contribution in [0.1, 0.15) is 57.9 Å². The van der Waals surface area contributed by atoms with Gasteiger partial charge in [-0.2, -0.15) is 0 Å². The van der Waals surface area contributed by atoms with Crippen LogP contribution in [0, 0.1) is 23.1 Å². The van der Waals surface area contributed by atoms with E-state index in [9.17, 15) is 4.39 Å². The van der Waals surface area contributed by atoms with Crippen LogP contribution < -0.4 is 5.73 Å². The molecule has 0 saturated heterocycles. The Morgan fingerprint density at radius 3 is 2.35 bits per heavy atom. The molecule has 1 unspecified atom stereocenters. The first-order valence-corrected chi connectivity index (χ1v) is 7.87. The van der Waals surface area contributed by atoms with E-state index in [2.05, 4.69) is 20.8 Å². The molecule has 1 aromatic carbocycles. The van der Waals surface area contributed by atoms with E-state index in [0.29, 0.717) is 23.8 Å². The fourth-order valence-corrected chi connectivity index (χ4v) is 3.73. The fraction of sp³-hybridized carbons (Fsp3) is 0.667. The highest BCUT2D eigenvalue weighted by atomic mass is 19.1. The monoisotopic (exact) mass is 277 g/mol. The van der Waals surface area contributed by atoms with Gasteiger partial charge in [0.15, 0.2) is 0 Å². The first-order chi connectivity index (χ1) is 9.41. The van der Waals surface area contributed by atoms with E-state index in [0.717, 1.165) is 11.5 Å². The minimum atomic E-state index is -0.149. The number of hydrogen-bond donors (Lipinski definition) is 1. The Balaban J connectivity index is 2.04. The maximum Gasteiger partial charge on any atom is 0.123 e. The molecule has 0 aliphatic heterocycles. The second-order valence-electron chi connectivity index (χ2n) is 7.37. The normalized spacial score (nSPS) is 25.4. The Morgan fingerprint density at radius 1 is 1.20 bits per heavy atom. The van der Waals surface area contributed by atoms with Crippen molar-refractivity contribution in [1.29, 1.82) is 0 Å². The van der Waals surface area contributed by atoms with Crippen molar-refractivity contribution in [3.63, 3.8) is 0 Å². The van der Waals surface area contributed by atoms with E-state index in [-0.39, 0.29) is 5.82 Å². The lowest BCUT2D eigenvalue weighted by Gasteiger charge is -2.39. The first kappa shape index (κ1) is 15.5. The van der Waals surface area contributed by atoms with Crippen LogP contribution in [0.25, 0.3) is 0 Å². The lowest BCUT2D eigenvalue weighted by Crippen LogP contribution is -2.30. The number of rotatable bonds is 3. The third kappa shape index (κ3) is 3.60. The summed E-state index contributed by atoms with van der Waals surface area (Å²) in [6.07, 6.45) is 5.00. The van der Waals surface area contributed by atoms with Gasteiger partial charge in [0.2, 0.25) is 0 Å². The fourth-order valence-electron chi connectivity index (χ4n) is 3.73. The molecule has 112 valence electrons. The molecule has 20 heavy (non-hydrogen) atoms. The van der Waals surface area contributed by atoms with Crippen molar-refractivity contribution in [1.82, 2.24) is 0 Å². The molecule has 1 aliphatic rings. The van der Waals surface area contributed by atoms with E-state index in [4.69, 9.17) is 5.73 Å². The Morgan fingerprint density at radius 2 is 1.85 bits per heavy atom. The maximum absolute atomic E-state index is 13.4. The lowest BCUT2D eigenvalue weighted by atomic mass is 9.66. The quantitative estimate of drug-likeness (QED) is 0.850. The van der Waals surface area contributed by atoms with E-state index in [1.807, 2.05) is 6.07 Å². The van der Waals surface area contributed by atoms with Gasteiger partial charge in [-0.1, -0.05) is 32.9 Å². The van der Waals surface area contributed by atoms with Crippen molar-refractivity contribution < 1.29 is 4.39 Å². The van der Waals surface area contributed by atoms with E-state index >= 15 is 0 Å². The zero-order chi connectivity index (χ0) is 14.8. The molecule has 0 heterocycles. The van der Waals surface area contributed by atoms with Gasteiger partial charge in [0.1, 0.15) is 5.82 Å². The SMILES string of the molecule is CC(C)(C)C1CCC(C(CN)c2cccc(F)c2)CC1. The second-order valence-corrected chi connectivity index (χ2v) is 7.37. The summed E-state index contributed by atoms with van der Waals surface area (Å²) in [5, 5.41) is 0. The summed E-state index contributed by atoms with van der Waals surface area (Å²) in [4.78, 5) is 0. The predicted molar refractivity (Wildman–Crippen MR) is 83.1 cm³/mol. The van der Waals surface area contributed by atoms with Gasteiger partial charge in [-0.3, -0.25) is 0 Å². The van der Waals surface area contributed by atoms with Crippen molar-refractivity contribution in [2.24, 2.45) is 23.0 Å². The van der Waals surface area contributed by atoms with Crippen LogP contribution in [0.3, 0.4) is 0 Å². The molecule has 1 nitrogen and oxygen atoms in total. The average Bonchev–Trinajstić information content (AvgIpc) is 2.39. The molecule has 2 heteroatoms. The van der Waals surface area contributed by atoms with E-state index in [1.165, 1.54) is 31.7 Å². The van der Waals surface area contributed by atoms with Gasteiger partial charge >= 0.3 is 0 Å². The Kier molecular flexibility index (Phi) is 4.85. The molecule has 2 rings (SSSR count). The van der Waals surface area contributed by atoms with Gasteiger partial charge in [-0.15, -0.1) is 0 Å². The standard InChI is InChI=1S/C18H28FN/c1-18(2,3)15-9-7-13(8-10-15)17(12-20)14-5-4-6-16(19)11-14/h4-6,11,13,15,17H,7-10,12,20H2,1-3H3. The molecule has 0 bridgehead atoms. The first-order valence-electron chi connectivity index (χ1n) is 7.87. The minimum absolute atomic E-state index is 0.149. The molecule has 1 atom stereocenters. The summed E-state index contributed by atoms with van der Waals surface area (Å²) < 4.78 is 13.4. The molecule has 1 fully saturated rings.